The van der Waals surface area contributed by atoms with Gasteiger partial charge in [0, 0.05) is 41.3 Å². The quantitative estimate of drug-likeness (QED) is 0.420. The molecule has 1 saturated heterocycles. The van der Waals surface area contributed by atoms with Crippen LogP contribution in [0.3, 0.4) is 0 Å². The van der Waals surface area contributed by atoms with E-state index in [1.54, 1.807) is 23.2 Å². The molecule has 0 bridgehead atoms. The minimum absolute atomic E-state index is 0.0125. The van der Waals surface area contributed by atoms with E-state index in [1.165, 1.54) is 18.2 Å². The van der Waals surface area contributed by atoms with Crippen molar-refractivity contribution in [3.05, 3.63) is 56.7 Å². The first-order valence-electron chi connectivity index (χ1n) is 8.61. The van der Waals surface area contributed by atoms with E-state index in [4.69, 9.17) is 5.73 Å². The normalized spacial score (nSPS) is 14.5. The topological polar surface area (TPSA) is 131 Å². The lowest BCUT2D eigenvalue weighted by Gasteiger charge is -2.31. The maximum atomic E-state index is 12.6. The van der Waals surface area contributed by atoms with Crippen LogP contribution in [0.5, 0.6) is 0 Å². The van der Waals surface area contributed by atoms with Crippen molar-refractivity contribution >= 4 is 44.9 Å². The number of carbonyl (C=O) groups excluding carboxylic acids is 2. The number of hydrogen-bond donors (Lipinski definition) is 2. The molecule has 0 atom stereocenters. The van der Waals surface area contributed by atoms with E-state index in [-0.39, 0.29) is 34.7 Å². The first kappa shape index (κ1) is 19.7. The molecule has 0 saturated carbocycles. The molecule has 0 aliphatic carbocycles. The van der Waals surface area contributed by atoms with Gasteiger partial charge in [0.05, 0.1) is 4.92 Å². The lowest BCUT2D eigenvalue weighted by atomic mass is 9.95. The molecule has 1 aliphatic heterocycles. The lowest BCUT2D eigenvalue weighted by molar-refractivity contribution is -0.383. The van der Waals surface area contributed by atoms with Crippen LogP contribution in [0.1, 0.15) is 23.2 Å². The fourth-order valence-corrected chi connectivity index (χ4v) is 3.27. The lowest BCUT2D eigenvalue weighted by Crippen LogP contribution is -2.41. The van der Waals surface area contributed by atoms with Gasteiger partial charge in [-0.15, -0.1) is 0 Å². The van der Waals surface area contributed by atoms with Crippen molar-refractivity contribution in [2.45, 2.75) is 12.8 Å². The van der Waals surface area contributed by atoms with Gasteiger partial charge in [-0.05, 0) is 53.0 Å². The van der Waals surface area contributed by atoms with Crippen molar-refractivity contribution in [1.82, 2.24) is 9.88 Å². The van der Waals surface area contributed by atoms with E-state index >= 15 is 0 Å². The summed E-state index contributed by atoms with van der Waals surface area (Å²) in [6.45, 7) is 0.783. The van der Waals surface area contributed by atoms with Crippen molar-refractivity contribution < 1.29 is 14.5 Å². The number of pyridine rings is 1. The molecule has 0 radical (unpaired) electrons. The maximum Gasteiger partial charge on any atom is 0.292 e. The number of carbonyl (C=O) groups is 2. The molecule has 1 fully saturated rings. The number of benzene rings is 1. The Morgan fingerprint density at radius 3 is 2.57 bits per heavy atom. The predicted molar refractivity (Wildman–Crippen MR) is 107 cm³/mol. The minimum atomic E-state index is -0.612. The van der Waals surface area contributed by atoms with Crippen LogP contribution < -0.4 is 11.1 Å². The van der Waals surface area contributed by atoms with Crippen LogP contribution in [-0.2, 0) is 4.79 Å². The zero-order valence-corrected chi connectivity index (χ0v) is 16.4. The Balaban J connectivity index is 1.59. The molecular weight excluding hydrogens is 430 g/mol. The number of hydrogen-bond acceptors (Lipinski definition) is 6. The van der Waals surface area contributed by atoms with Gasteiger partial charge in [-0.1, -0.05) is 0 Å². The summed E-state index contributed by atoms with van der Waals surface area (Å²) in [5.41, 5.74) is 5.51. The molecular formula is C18H18BrN5O4. The Bertz CT molecular complexity index is 911. The SMILES string of the molecule is Nc1ccc(C(=O)N2CCC(C(=O)Nc3ccc(Br)cn3)CC2)cc1[N+](=O)[O-]. The number of nitrogens with zero attached hydrogens (tertiary/aromatic N) is 3. The van der Waals surface area contributed by atoms with Gasteiger partial charge in [-0.25, -0.2) is 4.98 Å². The van der Waals surface area contributed by atoms with Gasteiger partial charge in [-0.3, -0.25) is 19.7 Å². The number of likely N-dealkylation sites (tertiary alicyclic amines) is 1. The molecule has 1 aromatic carbocycles. The van der Waals surface area contributed by atoms with E-state index < -0.39 is 4.92 Å². The summed E-state index contributed by atoms with van der Waals surface area (Å²) in [6.07, 6.45) is 2.61. The maximum absolute atomic E-state index is 12.6. The first-order chi connectivity index (χ1) is 13.3. The average Bonchev–Trinajstić information content (AvgIpc) is 2.69. The summed E-state index contributed by atoms with van der Waals surface area (Å²) >= 11 is 3.29. The van der Waals surface area contributed by atoms with Crippen molar-refractivity contribution in [2.75, 3.05) is 24.1 Å². The van der Waals surface area contributed by atoms with Gasteiger partial charge >= 0.3 is 0 Å². The van der Waals surface area contributed by atoms with Gasteiger partial charge in [-0.2, -0.15) is 0 Å². The zero-order valence-electron chi connectivity index (χ0n) is 14.8. The van der Waals surface area contributed by atoms with Gasteiger partial charge in [0.15, 0.2) is 0 Å². The summed E-state index contributed by atoms with van der Waals surface area (Å²) in [5.74, 6) is -0.197. The third kappa shape index (κ3) is 4.45. The Morgan fingerprint density at radius 1 is 1.25 bits per heavy atom. The fraction of sp³-hybridized carbons (Fsp3) is 0.278. The third-order valence-corrected chi connectivity index (χ3v) is 5.07. The summed E-state index contributed by atoms with van der Waals surface area (Å²) in [5, 5.41) is 13.8. The molecule has 0 spiro atoms. The average molecular weight is 448 g/mol. The van der Waals surface area contributed by atoms with E-state index in [2.05, 4.69) is 26.2 Å². The molecule has 9 nitrogen and oxygen atoms in total. The summed E-state index contributed by atoms with van der Waals surface area (Å²) < 4.78 is 0.820. The van der Waals surface area contributed by atoms with Crippen LogP contribution in [-0.4, -0.2) is 39.7 Å². The van der Waals surface area contributed by atoms with E-state index in [0.29, 0.717) is 31.7 Å². The van der Waals surface area contributed by atoms with Gasteiger partial charge in [0.25, 0.3) is 11.6 Å². The monoisotopic (exact) mass is 447 g/mol. The Morgan fingerprint density at radius 2 is 1.96 bits per heavy atom. The summed E-state index contributed by atoms with van der Waals surface area (Å²) in [7, 11) is 0. The second-order valence-corrected chi connectivity index (χ2v) is 7.36. The molecule has 10 heteroatoms. The number of piperidine rings is 1. The summed E-state index contributed by atoms with van der Waals surface area (Å²) in [6, 6.07) is 7.51. The molecule has 1 aliphatic rings. The highest BCUT2D eigenvalue weighted by atomic mass is 79.9. The summed E-state index contributed by atoms with van der Waals surface area (Å²) in [4.78, 5) is 41.1. The number of nitrogen functional groups attached to an aromatic ring is 1. The van der Waals surface area contributed by atoms with Crippen LogP contribution in [0.2, 0.25) is 0 Å². The van der Waals surface area contributed by atoms with Crippen LogP contribution in [0.4, 0.5) is 17.2 Å². The second-order valence-electron chi connectivity index (χ2n) is 6.45. The molecule has 0 unspecified atom stereocenters. The smallest absolute Gasteiger partial charge is 0.292 e. The molecule has 3 rings (SSSR count). The Hall–Kier alpha value is -3.01. The number of aromatic nitrogens is 1. The second kappa shape index (κ2) is 8.34. The number of nitrogens with two attached hydrogens (primary N) is 1. The molecule has 1 aromatic heterocycles. The van der Waals surface area contributed by atoms with Crippen LogP contribution >= 0.6 is 15.9 Å². The Kier molecular flexibility index (Phi) is 5.88. The van der Waals surface area contributed by atoms with Crippen LogP contribution in [0, 0.1) is 16.0 Å². The highest BCUT2D eigenvalue weighted by molar-refractivity contribution is 9.10. The predicted octanol–water partition coefficient (Wildman–Crippen LogP) is 2.83. The van der Waals surface area contributed by atoms with Crippen molar-refractivity contribution in [2.24, 2.45) is 5.92 Å². The van der Waals surface area contributed by atoms with Crippen molar-refractivity contribution in [1.29, 1.82) is 0 Å². The van der Waals surface area contributed by atoms with Crippen molar-refractivity contribution in [3.8, 4) is 0 Å². The van der Waals surface area contributed by atoms with Gasteiger partial charge in [0.2, 0.25) is 5.91 Å². The Labute approximate surface area is 169 Å². The van der Waals surface area contributed by atoms with Crippen molar-refractivity contribution in [3.63, 3.8) is 0 Å². The van der Waals surface area contributed by atoms with Crippen LogP contribution in [0.15, 0.2) is 41.0 Å². The highest BCUT2D eigenvalue weighted by Crippen LogP contribution is 2.25. The molecule has 146 valence electrons. The van der Waals surface area contributed by atoms with Crippen LogP contribution in [0.25, 0.3) is 0 Å². The fourth-order valence-electron chi connectivity index (χ4n) is 3.04. The molecule has 2 amide bonds. The number of anilines is 2. The highest BCUT2D eigenvalue weighted by Gasteiger charge is 2.29. The first-order valence-corrected chi connectivity index (χ1v) is 9.40. The van der Waals surface area contributed by atoms with E-state index in [0.717, 1.165) is 4.47 Å². The van der Waals surface area contributed by atoms with E-state index in [1.807, 2.05) is 0 Å². The number of rotatable bonds is 4. The number of amides is 2. The molecule has 2 heterocycles. The largest absolute Gasteiger partial charge is 0.393 e. The third-order valence-electron chi connectivity index (χ3n) is 4.61. The van der Waals surface area contributed by atoms with Gasteiger partial charge < -0.3 is 16.0 Å². The zero-order chi connectivity index (χ0) is 20.3. The number of nitro benzene ring substituents is 1. The molecule has 3 N–H and O–H groups in total. The van der Waals surface area contributed by atoms with E-state index in [9.17, 15) is 19.7 Å². The molecule has 28 heavy (non-hydrogen) atoms. The number of nitrogens with one attached hydrogen (secondary N) is 1. The molecule has 2 aromatic rings. The van der Waals surface area contributed by atoms with Gasteiger partial charge in [0.1, 0.15) is 11.5 Å². The minimum Gasteiger partial charge on any atom is -0.393 e. The standard InChI is InChI=1S/C18H18BrN5O4/c19-13-2-4-16(21-10-13)22-17(25)11-5-7-23(8-6-11)18(26)12-1-3-14(20)15(9-12)24(27)28/h1-4,9-11H,5-8,20H2,(H,21,22,25). The number of halogens is 1. The number of nitro groups is 1.